The molecule has 0 atom stereocenters. The number of hydrogen-bond acceptors (Lipinski definition) is 3. The zero-order valence-corrected chi connectivity index (χ0v) is 18.0. The van der Waals surface area contributed by atoms with Crippen molar-refractivity contribution in [1.29, 1.82) is 5.26 Å². The molecule has 3 rings (SSSR count). The average molecular weight is 434 g/mol. The van der Waals surface area contributed by atoms with E-state index in [1.807, 2.05) is 37.5 Å². The molecule has 0 aliphatic rings. The molecule has 0 saturated carbocycles. The van der Waals surface area contributed by atoms with Crippen LogP contribution in [0.15, 0.2) is 54.1 Å². The largest absolute Gasteiger partial charge is 0.478 e. The van der Waals surface area contributed by atoms with Crippen molar-refractivity contribution in [2.24, 2.45) is 0 Å². The number of carboxylic acid groups (broad SMARTS) is 1. The molecule has 0 bridgehead atoms. The second-order valence-electron chi connectivity index (χ2n) is 7.10. The summed E-state index contributed by atoms with van der Waals surface area (Å²) >= 11 is 6.10. The first kappa shape index (κ1) is 21.9. The van der Waals surface area contributed by atoms with E-state index in [1.54, 1.807) is 30.3 Å². The van der Waals surface area contributed by atoms with Crippen LogP contribution in [-0.2, 0) is 4.79 Å². The molecule has 0 spiro atoms. The van der Waals surface area contributed by atoms with Crippen LogP contribution in [0.4, 0.5) is 5.69 Å². The van der Waals surface area contributed by atoms with Gasteiger partial charge in [-0.3, -0.25) is 4.79 Å². The van der Waals surface area contributed by atoms with Crippen molar-refractivity contribution >= 4 is 35.2 Å². The molecule has 7 heteroatoms. The Balaban J connectivity index is 1.91. The van der Waals surface area contributed by atoms with Crippen LogP contribution >= 0.6 is 11.6 Å². The monoisotopic (exact) mass is 433 g/mol. The van der Waals surface area contributed by atoms with Crippen LogP contribution in [0.1, 0.15) is 32.9 Å². The van der Waals surface area contributed by atoms with Crippen molar-refractivity contribution in [2.45, 2.75) is 20.8 Å². The van der Waals surface area contributed by atoms with Crippen molar-refractivity contribution in [3.8, 4) is 11.8 Å². The predicted octanol–water partition coefficient (Wildman–Crippen LogP) is 5.30. The van der Waals surface area contributed by atoms with Gasteiger partial charge in [0.1, 0.15) is 11.6 Å². The lowest BCUT2D eigenvalue weighted by Gasteiger charge is -2.10. The number of nitriles is 1. The second-order valence-corrected chi connectivity index (χ2v) is 7.51. The van der Waals surface area contributed by atoms with Gasteiger partial charge in [-0.2, -0.15) is 5.26 Å². The van der Waals surface area contributed by atoms with Crippen LogP contribution in [0.2, 0.25) is 5.02 Å². The van der Waals surface area contributed by atoms with Gasteiger partial charge in [0.2, 0.25) is 0 Å². The second kappa shape index (κ2) is 8.90. The quantitative estimate of drug-likeness (QED) is 0.421. The number of benzene rings is 2. The van der Waals surface area contributed by atoms with Crippen LogP contribution in [0.25, 0.3) is 11.8 Å². The molecule has 0 fully saturated rings. The topological polar surface area (TPSA) is 95.1 Å². The van der Waals surface area contributed by atoms with Crippen LogP contribution < -0.4 is 5.32 Å². The zero-order valence-electron chi connectivity index (χ0n) is 17.2. The lowest BCUT2D eigenvalue weighted by Crippen LogP contribution is -2.13. The highest BCUT2D eigenvalue weighted by Crippen LogP contribution is 2.24. The van der Waals surface area contributed by atoms with Gasteiger partial charge in [-0.25, -0.2) is 4.79 Å². The van der Waals surface area contributed by atoms with Gasteiger partial charge >= 0.3 is 5.97 Å². The molecule has 3 aromatic rings. The van der Waals surface area contributed by atoms with Gasteiger partial charge in [-0.1, -0.05) is 17.7 Å². The first-order chi connectivity index (χ1) is 14.7. The third-order valence-corrected chi connectivity index (χ3v) is 5.34. The van der Waals surface area contributed by atoms with Gasteiger partial charge in [0, 0.05) is 27.8 Å². The number of aryl methyl sites for hydroxylation is 2. The number of hydrogen-bond donors (Lipinski definition) is 2. The van der Waals surface area contributed by atoms with Crippen molar-refractivity contribution in [3.63, 3.8) is 0 Å². The number of nitrogens with one attached hydrogen (secondary N) is 1. The molecule has 1 heterocycles. The number of carbonyl (C=O) groups excluding carboxylic acids is 1. The molecular weight excluding hydrogens is 414 g/mol. The Morgan fingerprint density at radius 3 is 2.35 bits per heavy atom. The van der Waals surface area contributed by atoms with Crippen LogP contribution in [0.3, 0.4) is 0 Å². The van der Waals surface area contributed by atoms with Crippen LogP contribution in [-0.4, -0.2) is 21.6 Å². The van der Waals surface area contributed by atoms with Gasteiger partial charge in [-0.05, 0) is 80.4 Å². The van der Waals surface area contributed by atoms with Gasteiger partial charge in [0.15, 0.2) is 0 Å². The minimum atomic E-state index is -0.990. The number of carbonyl (C=O) groups is 2. The van der Waals surface area contributed by atoms with E-state index < -0.39 is 11.9 Å². The first-order valence-corrected chi connectivity index (χ1v) is 9.81. The number of amides is 1. The maximum absolute atomic E-state index is 12.6. The Morgan fingerprint density at radius 2 is 1.77 bits per heavy atom. The third kappa shape index (κ3) is 4.68. The van der Waals surface area contributed by atoms with E-state index in [9.17, 15) is 14.9 Å². The van der Waals surface area contributed by atoms with E-state index in [0.29, 0.717) is 16.3 Å². The predicted molar refractivity (Wildman–Crippen MR) is 121 cm³/mol. The summed E-state index contributed by atoms with van der Waals surface area (Å²) in [6, 6.07) is 15.5. The van der Waals surface area contributed by atoms with E-state index in [2.05, 4.69) is 5.32 Å². The molecular formula is C24H20ClN3O3. The fourth-order valence-electron chi connectivity index (χ4n) is 3.26. The van der Waals surface area contributed by atoms with Crippen molar-refractivity contribution < 1.29 is 14.7 Å². The van der Waals surface area contributed by atoms with Crippen molar-refractivity contribution in [1.82, 2.24) is 4.57 Å². The fourth-order valence-corrected chi connectivity index (χ4v) is 3.44. The molecule has 6 nitrogen and oxygen atoms in total. The molecule has 2 aromatic carbocycles. The highest BCUT2D eigenvalue weighted by Gasteiger charge is 2.15. The molecule has 0 radical (unpaired) electrons. The maximum Gasteiger partial charge on any atom is 0.335 e. The molecule has 1 aromatic heterocycles. The number of halogens is 1. The molecule has 2 N–H and O–H groups in total. The van der Waals surface area contributed by atoms with Gasteiger partial charge in [-0.15, -0.1) is 0 Å². The van der Waals surface area contributed by atoms with Gasteiger partial charge in [0.05, 0.1) is 5.56 Å². The maximum atomic E-state index is 12.6. The van der Waals surface area contributed by atoms with E-state index in [-0.39, 0.29) is 11.1 Å². The smallest absolute Gasteiger partial charge is 0.335 e. The number of aromatic carboxylic acids is 1. The highest BCUT2D eigenvalue weighted by molar-refractivity contribution is 6.31. The molecule has 0 aliphatic heterocycles. The summed E-state index contributed by atoms with van der Waals surface area (Å²) in [5.41, 5.74) is 4.76. The minimum absolute atomic E-state index is 0.0434. The summed E-state index contributed by atoms with van der Waals surface area (Å²) < 4.78 is 1.93. The summed E-state index contributed by atoms with van der Waals surface area (Å²) in [4.78, 5) is 23.7. The number of rotatable bonds is 5. The molecule has 0 saturated heterocycles. The van der Waals surface area contributed by atoms with Crippen LogP contribution in [0, 0.1) is 32.1 Å². The van der Waals surface area contributed by atoms with Gasteiger partial charge in [0.25, 0.3) is 5.91 Å². The highest BCUT2D eigenvalue weighted by atomic mass is 35.5. The standard InChI is InChI=1S/C24H20ClN3O3/c1-14-4-7-20(12-22(14)25)27-23(29)19(13-26)11-18-10-15(2)28(16(18)3)21-8-5-17(6-9-21)24(30)31/h4-12H,1-3H3,(H,27,29)(H,30,31)/b19-11-. The number of aromatic nitrogens is 1. The Hall–Kier alpha value is -3.82. The van der Waals surface area contributed by atoms with Crippen molar-refractivity contribution in [3.05, 3.63) is 87.2 Å². The van der Waals surface area contributed by atoms with E-state index in [0.717, 1.165) is 22.6 Å². The van der Waals surface area contributed by atoms with E-state index in [1.165, 1.54) is 18.2 Å². The number of carboxylic acids is 1. The summed E-state index contributed by atoms with van der Waals surface area (Å²) in [6.45, 7) is 5.63. The Kier molecular flexibility index (Phi) is 6.28. The lowest BCUT2D eigenvalue weighted by molar-refractivity contribution is -0.112. The lowest BCUT2D eigenvalue weighted by atomic mass is 10.1. The average Bonchev–Trinajstić information content (AvgIpc) is 3.01. The fraction of sp³-hybridized carbons (Fsp3) is 0.125. The Bertz CT molecular complexity index is 1250. The normalized spacial score (nSPS) is 11.1. The summed E-state index contributed by atoms with van der Waals surface area (Å²) in [5.74, 6) is -1.52. The Labute approximate surface area is 185 Å². The van der Waals surface area contributed by atoms with E-state index >= 15 is 0 Å². The van der Waals surface area contributed by atoms with Gasteiger partial charge < -0.3 is 15.0 Å². The summed E-state index contributed by atoms with van der Waals surface area (Å²) in [6.07, 6.45) is 1.54. The van der Waals surface area contributed by atoms with E-state index in [4.69, 9.17) is 16.7 Å². The molecule has 156 valence electrons. The zero-order chi connectivity index (χ0) is 22.7. The number of nitrogens with zero attached hydrogens (tertiary/aromatic N) is 2. The third-order valence-electron chi connectivity index (χ3n) is 4.94. The first-order valence-electron chi connectivity index (χ1n) is 9.43. The molecule has 1 amide bonds. The van der Waals surface area contributed by atoms with Crippen molar-refractivity contribution in [2.75, 3.05) is 5.32 Å². The SMILES string of the molecule is Cc1ccc(NC(=O)/C(C#N)=C\c2cc(C)n(-c3ccc(C(=O)O)cc3)c2C)cc1Cl. The Morgan fingerprint density at radius 1 is 1.10 bits per heavy atom. The summed E-state index contributed by atoms with van der Waals surface area (Å²) in [5, 5.41) is 21.8. The minimum Gasteiger partial charge on any atom is -0.478 e. The molecule has 0 aliphatic carbocycles. The number of anilines is 1. The molecule has 31 heavy (non-hydrogen) atoms. The summed E-state index contributed by atoms with van der Waals surface area (Å²) in [7, 11) is 0. The molecule has 0 unspecified atom stereocenters. The van der Waals surface area contributed by atoms with Crippen LogP contribution in [0.5, 0.6) is 0 Å².